The summed E-state index contributed by atoms with van der Waals surface area (Å²) in [7, 11) is -4.83. The molecule has 0 aliphatic carbocycles. The quantitative estimate of drug-likeness (QED) is 0.0717. The van der Waals surface area contributed by atoms with Gasteiger partial charge in [-0.3, -0.25) is 4.68 Å². The maximum Gasteiger partial charge on any atom is 0.389 e. The zero-order valence-electron chi connectivity index (χ0n) is 34.7. The first kappa shape index (κ1) is 50.2. The van der Waals surface area contributed by atoms with Gasteiger partial charge in [0.15, 0.2) is 25.0 Å². The van der Waals surface area contributed by atoms with Crippen molar-refractivity contribution >= 4 is 58.3 Å². The van der Waals surface area contributed by atoms with Gasteiger partial charge in [0.2, 0.25) is 0 Å². The minimum Gasteiger partial charge on any atom is -0.416 e. The highest BCUT2D eigenvalue weighted by atomic mass is 79.9. The number of nitrogens with two attached hydrogens (primary N) is 1. The van der Waals surface area contributed by atoms with Crippen LogP contribution in [0.1, 0.15) is 63.7 Å². The Labute approximate surface area is 329 Å². The van der Waals surface area contributed by atoms with E-state index in [0.717, 1.165) is 18.5 Å². The molecule has 0 amide bonds. The fourth-order valence-corrected chi connectivity index (χ4v) is 6.73. The molecule has 0 spiro atoms. The summed E-state index contributed by atoms with van der Waals surface area (Å²) in [6, 6.07) is 4.48. The van der Waals surface area contributed by atoms with Crippen molar-refractivity contribution in [2.45, 2.75) is 130 Å². The van der Waals surface area contributed by atoms with Crippen LogP contribution in [0.2, 0.25) is 54.4 Å². The van der Waals surface area contributed by atoms with E-state index >= 15 is 0 Å². The van der Waals surface area contributed by atoms with Gasteiger partial charge in [0.25, 0.3) is 0 Å². The molecule has 0 radical (unpaired) electrons. The zero-order chi connectivity index (χ0) is 41.5. The molecule has 0 fully saturated rings. The van der Waals surface area contributed by atoms with Crippen LogP contribution in [-0.2, 0) is 26.4 Å². The highest BCUT2D eigenvalue weighted by Crippen LogP contribution is 2.38. The summed E-state index contributed by atoms with van der Waals surface area (Å²) in [6.45, 7) is 36.8. The maximum atomic E-state index is 10.5. The molecule has 0 aromatic carbocycles. The van der Waals surface area contributed by atoms with Crippen molar-refractivity contribution < 1.29 is 24.6 Å². The molecule has 3 N–H and O–H groups in total. The minimum absolute atomic E-state index is 0. The van der Waals surface area contributed by atoms with Crippen LogP contribution >= 0.6 is 15.9 Å². The smallest absolute Gasteiger partial charge is 0.389 e. The Kier molecular flexibility index (Phi) is 20.3. The average molecular weight is 867 g/mol. The standard InChI is InChI=1S/C11H21N3O3Si.C11H23N3OSi.C8H19BrOSi.C3H3N3O2.H2/c1-11(2,3)18(4,5)17-9-8-13-7-6-10(12-13)14(15)16;1-11(2,3)16(4,5)15-9-8-14-7-6-10(12)13-14;1-8(2,3)11(4,5)10-7-6-9;7-6(8)3-1-2-4-5-3;/h6-7H,8-9H2,1-5H3;6-7H,8-9H2,1-5H3,(H2,12,13);6-7H2,1-5H3;1-2H,(H,4,5);1H. The van der Waals surface area contributed by atoms with E-state index in [9.17, 15) is 20.2 Å². The zero-order valence-corrected chi connectivity index (χ0v) is 39.2. The first-order valence-electron chi connectivity index (χ1n) is 17.6. The average Bonchev–Trinajstić information content (AvgIpc) is 3.78. The first-order chi connectivity index (χ1) is 24.0. The molecule has 0 aliphatic rings. The second-order valence-electron chi connectivity index (χ2n) is 16.9. The van der Waals surface area contributed by atoms with Crippen molar-refractivity contribution in [2.75, 3.05) is 30.9 Å². The van der Waals surface area contributed by atoms with Crippen LogP contribution < -0.4 is 5.73 Å². The topological polar surface area (TPSA) is 204 Å². The fourth-order valence-electron chi connectivity index (χ4n) is 3.16. The van der Waals surface area contributed by atoms with E-state index in [1.807, 2.05) is 10.9 Å². The summed E-state index contributed by atoms with van der Waals surface area (Å²) in [6.07, 6.45) is 4.82. The van der Waals surface area contributed by atoms with E-state index < -0.39 is 34.8 Å². The van der Waals surface area contributed by atoms with Crippen LogP contribution in [0.4, 0.5) is 17.5 Å². The molecule has 20 heteroatoms. The van der Waals surface area contributed by atoms with E-state index in [0.29, 0.717) is 30.6 Å². The van der Waals surface area contributed by atoms with Crippen LogP contribution in [0.25, 0.3) is 0 Å². The van der Waals surface area contributed by atoms with Gasteiger partial charge in [-0.25, -0.2) is 0 Å². The number of rotatable bonds is 13. The number of nitrogen functional groups attached to an aromatic ring is 1. The summed E-state index contributed by atoms with van der Waals surface area (Å²) in [5, 5.41) is 35.5. The van der Waals surface area contributed by atoms with Crippen LogP contribution in [0.5, 0.6) is 0 Å². The van der Waals surface area contributed by atoms with Crippen LogP contribution in [0.15, 0.2) is 36.8 Å². The molecule has 0 atom stereocenters. The number of alkyl halides is 1. The molecule has 0 saturated carbocycles. The Balaban J connectivity index is 0. The number of hydrogen-bond donors (Lipinski definition) is 2. The lowest BCUT2D eigenvalue weighted by Gasteiger charge is -2.36. The van der Waals surface area contributed by atoms with E-state index in [2.05, 4.69) is 138 Å². The normalized spacial score (nSPS) is 12.5. The number of nitrogens with one attached hydrogen (secondary N) is 1. The molecule has 3 rings (SSSR count). The fraction of sp³-hybridized carbons (Fsp3) is 0.727. The van der Waals surface area contributed by atoms with E-state index in [-0.39, 0.29) is 23.1 Å². The maximum absolute atomic E-state index is 10.5. The number of aromatic nitrogens is 6. The summed E-state index contributed by atoms with van der Waals surface area (Å²) < 4.78 is 21.2. The Morgan fingerprint density at radius 1 is 0.736 bits per heavy atom. The molecular weight excluding hydrogens is 799 g/mol. The van der Waals surface area contributed by atoms with Gasteiger partial charge in [-0.05, 0) is 70.3 Å². The van der Waals surface area contributed by atoms with Crippen molar-refractivity contribution in [1.29, 1.82) is 0 Å². The van der Waals surface area contributed by atoms with E-state index in [1.54, 1.807) is 16.9 Å². The summed E-state index contributed by atoms with van der Waals surface area (Å²) >= 11 is 3.37. The van der Waals surface area contributed by atoms with E-state index in [4.69, 9.17) is 19.0 Å². The molecule has 306 valence electrons. The Bertz CT molecular complexity index is 1500. The van der Waals surface area contributed by atoms with Crippen molar-refractivity contribution in [2.24, 2.45) is 0 Å². The monoisotopic (exact) mass is 865 g/mol. The predicted molar refractivity (Wildman–Crippen MR) is 226 cm³/mol. The Morgan fingerprint density at radius 2 is 1.15 bits per heavy atom. The van der Waals surface area contributed by atoms with Crippen LogP contribution in [0.3, 0.4) is 0 Å². The third-order valence-corrected chi connectivity index (χ3v) is 23.6. The molecule has 16 nitrogen and oxygen atoms in total. The summed E-state index contributed by atoms with van der Waals surface area (Å²) in [5.41, 5.74) is 5.54. The Morgan fingerprint density at radius 3 is 1.43 bits per heavy atom. The molecule has 0 unspecified atom stereocenters. The molecule has 0 bridgehead atoms. The molecule has 3 aromatic rings. The predicted octanol–water partition coefficient (Wildman–Crippen LogP) is 9.27. The van der Waals surface area contributed by atoms with Crippen molar-refractivity contribution in [3.8, 4) is 0 Å². The molecule has 0 aliphatic heterocycles. The highest BCUT2D eigenvalue weighted by Gasteiger charge is 2.38. The molecule has 3 heterocycles. The lowest BCUT2D eigenvalue weighted by atomic mass is 10.2. The number of hydrogen-bond acceptors (Lipinski definition) is 11. The number of H-pyrrole nitrogens is 1. The lowest BCUT2D eigenvalue weighted by Crippen LogP contribution is -2.41. The third kappa shape index (κ3) is 18.9. The largest absolute Gasteiger partial charge is 0.416 e. The van der Waals surface area contributed by atoms with Gasteiger partial charge in [-0.15, -0.1) is 5.10 Å². The molecular formula is C33H68BrN9O7Si3. The summed E-state index contributed by atoms with van der Waals surface area (Å²) in [4.78, 5) is 19.3. The minimum atomic E-state index is -1.75. The summed E-state index contributed by atoms with van der Waals surface area (Å²) in [5.74, 6) is 0.361. The number of halogens is 1. The van der Waals surface area contributed by atoms with Crippen molar-refractivity contribution in [3.63, 3.8) is 0 Å². The second-order valence-corrected chi connectivity index (χ2v) is 32.1. The van der Waals surface area contributed by atoms with E-state index in [1.165, 1.54) is 18.3 Å². The number of aromatic amines is 1. The van der Waals surface area contributed by atoms with Gasteiger partial charge < -0.3 is 39.2 Å². The van der Waals surface area contributed by atoms with Gasteiger partial charge in [0.1, 0.15) is 5.82 Å². The number of nitro groups is 2. The van der Waals surface area contributed by atoms with Gasteiger partial charge in [0, 0.05) is 19.6 Å². The first-order valence-corrected chi connectivity index (χ1v) is 27.4. The van der Waals surface area contributed by atoms with Crippen molar-refractivity contribution in [1.82, 2.24) is 29.8 Å². The van der Waals surface area contributed by atoms with Gasteiger partial charge >= 0.3 is 11.6 Å². The number of anilines is 1. The van der Waals surface area contributed by atoms with Gasteiger partial charge in [-0.1, -0.05) is 83.3 Å². The second kappa shape index (κ2) is 21.4. The Hall–Kier alpha value is -2.76. The van der Waals surface area contributed by atoms with Gasteiger partial charge in [0.05, 0.1) is 55.9 Å². The molecule has 0 saturated heterocycles. The molecule has 3 aromatic heterocycles. The number of nitrogens with zero attached hydrogens (tertiary/aromatic N) is 7. The van der Waals surface area contributed by atoms with Crippen molar-refractivity contribution in [3.05, 3.63) is 57.0 Å². The third-order valence-electron chi connectivity index (χ3n) is 9.68. The van der Waals surface area contributed by atoms with Gasteiger partial charge in [-0.2, -0.15) is 9.78 Å². The van der Waals surface area contributed by atoms with Crippen LogP contribution in [-0.4, -0.2) is 89.7 Å². The highest BCUT2D eigenvalue weighted by molar-refractivity contribution is 9.09. The lowest BCUT2D eigenvalue weighted by molar-refractivity contribution is -0.389. The molecule has 53 heavy (non-hydrogen) atoms. The SMILES string of the molecule is CC(C)(C)[Si](C)(C)OCCBr.CC(C)(C)[Si](C)(C)OCCn1ccc(N)n1.CC(C)(C)[Si](C)(C)OCCn1ccc([N+](=O)[O-])n1.O=[N+]([O-])c1ccn[nH]1.[HH]. The van der Waals surface area contributed by atoms with Crippen LogP contribution in [0, 0.1) is 20.2 Å².